The van der Waals surface area contributed by atoms with E-state index >= 15 is 0 Å². The largest absolute Gasteiger partial charge is 0.309 e. The number of nitriles is 2. The molecule has 226 valence electrons. The van der Waals surface area contributed by atoms with Gasteiger partial charge in [-0.15, -0.1) is 0 Å². The summed E-state index contributed by atoms with van der Waals surface area (Å²) >= 11 is 0. The van der Waals surface area contributed by atoms with E-state index in [2.05, 4.69) is 123 Å². The number of hydrogen-bond acceptors (Lipinski definition) is 3. The molecule has 0 bridgehead atoms. The molecule has 0 saturated carbocycles. The van der Waals surface area contributed by atoms with Crippen molar-refractivity contribution in [2.45, 2.75) is 0 Å². The summed E-state index contributed by atoms with van der Waals surface area (Å²) in [7, 11) is 0. The fourth-order valence-electron chi connectivity index (χ4n) is 7.69. The summed E-state index contributed by atoms with van der Waals surface area (Å²) in [6, 6.07) is 54.2. The Hall–Kier alpha value is -7.15. The van der Waals surface area contributed by atoms with E-state index in [0.29, 0.717) is 11.1 Å². The van der Waals surface area contributed by atoms with Gasteiger partial charge in [0.15, 0.2) is 0 Å². The molecule has 0 atom stereocenters. The zero-order chi connectivity index (χ0) is 32.6. The third-order valence-electron chi connectivity index (χ3n) is 9.69. The van der Waals surface area contributed by atoms with Crippen LogP contribution in [0.3, 0.4) is 0 Å². The molecule has 0 unspecified atom stereocenters. The van der Waals surface area contributed by atoms with Crippen LogP contribution in [0.2, 0.25) is 0 Å². The highest BCUT2D eigenvalue weighted by Gasteiger charge is 2.21. The van der Waals surface area contributed by atoms with Crippen LogP contribution in [0.25, 0.3) is 82.7 Å². The first-order valence-corrected chi connectivity index (χ1v) is 16.1. The predicted octanol–water partition coefficient (Wildman–Crippen LogP) is 10.1. The normalized spacial score (nSPS) is 11.6. The molecule has 0 amide bonds. The summed E-state index contributed by atoms with van der Waals surface area (Å²) in [5.41, 5.74) is 8.59. The van der Waals surface area contributed by atoms with E-state index in [0.717, 1.165) is 61.1 Å². The van der Waals surface area contributed by atoms with Crippen LogP contribution >= 0.6 is 0 Å². The van der Waals surface area contributed by atoms with E-state index in [-0.39, 0.29) is 0 Å². The van der Waals surface area contributed by atoms with E-state index < -0.39 is 0 Å². The minimum absolute atomic E-state index is 0.570. The summed E-state index contributed by atoms with van der Waals surface area (Å²) in [5, 5.41) is 25.9. The highest BCUT2D eigenvalue weighted by atomic mass is 15.1. The molecule has 4 heterocycles. The lowest BCUT2D eigenvalue weighted by Gasteiger charge is -2.12. The lowest BCUT2D eigenvalue weighted by molar-refractivity contribution is 1.01. The number of nitrogens with zero attached hydrogens (tertiary/aromatic N) is 6. The van der Waals surface area contributed by atoms with Crippen molar-refractivity contribution in [1.82, 2.24) is 18.7 Å². The maximum Gasteiger partial charge on any atom is 0.140 e. The number of aromatic nitrogens is 4. The highest BCUT2D eigenvalue weighted by molar-refractivity contribution is 6.28. The van der Waals surface area contributed by atoms with E-state index in [4.69, 9.17) is 4.98 Å². The number of pyridine rings is 1. The van der Waals surface area contributed by atoms with E-state index in [9.17, 15) is 10.5 Å². The molecule has 0 radical (unpaired) electrons. The molecule has 0 aliphatic carbocycles. The van der Waals surface area contributed by atoms with Gasteiger partial charge in [0.2, 0.25) is 0 Å². The second-order valence-corrected chi connectivity index (χ2v) is 12.3. The van der Waals surface area contributed by atoms with Crippen molar-refractivity contribution < 1.29 is 0 Å². The average molecular weight is 625 g/mol. The van der Waals surface area contributed by atoms with Crippen LogP contribution in [0.1, 0.15) is 11.1 Å². The molecule has 6 heteroatoms. The van der Waals surface area contributed by atoms with Crippen LogP contribution in [0.5, 0.6) is 0 Å². The Morgan fingerprint density at radius 1 is 0.388 bits per heavy atom. The number of hydrogen-bond donors (Lipinski definition) is 0. The average Bonchev–Trinajstić information content (AvgIpc) is 3.80. The van der Waals surface area contributed by atoms with E-state index in [1.165, 1.54) is 21.7 Å². The van der Waals surface area contributed by atoms with Crippen molar-refractivity contribution in [1.29, 1.82) is 10.5 Å². The van der Waals surface area contributed by atoms with Gasteiger partial charge in [-0.05, 0) is 84.9 Å². The summed E-state index contributed by atoms with van der Waals surface area (Å²) in [6.45, 7) is 0. The Bertz CT molecular complexity index is 3000. The molecule has 49 heavy (non-hydrogen) atoms. The molecule has 10 aromatic rings. The van der Waals surface area contributed by atoms with Crippen LogP contribution in [0.4, 0.5) is 0 Å². The third kappa shape index (κ3) is 3.77. The Morgan fingerprint density at radius 3 is 1.41 bits per heavy atom. The van der Waals surface area contributed by atoms with Crippen LogP contribution in [0, 0.1) is 22.7 Å². The lowest BCUT2D eigenvalue weighted by Crippen LogP contribution is -2.03. The first kappa shape index (κ1) is 27.0. The molecule has 0 saturated heterocycles. The molecule has 0 aliphatic heterocycles. The van der Waals surface area contributed by atoms with Gasteiger partial charge in [0.05, 0.1) is 56.4 Å². The minimum Gasteiger partial charge on any atom is -0.309 e. The first-order chi connectivity index (χ1) is 24.2. The zero-order valence-corrected chi connectivity index (χ0v) is 26.0. The summed E-state index contributed by atoms with van der Waals surface area (Å²) in [6.07, 6.45) is 0. The van der Waals surface area contributed by atoms with Gasteiger partial charge in [-0.1, -0.05) is 60.7 Å². The molecule has 0 N–H and O–H groups in total. The molecule has 6 nitrogen and oxygen atoms in total. The van der Waals surface area contributed by atoms with E-state index in [1.807, 2.05) is 48.5 Å². The van der Waals surface area contributed by atoms with E-state index in [1.54, 1.807) is 0 Å². The number of para-hydroxylation sites is 3. The van der Waals surface area contributed by atoms with Gasteiger partial charge in [-0.25, -0.2) is 4.98 Å². The molecule has 0 aliphatic rings. The highest BCUT2D eigenvalue weighted by Crippen LogP contribution is 2.42. The third-order valence-corrected chi connectivity index (χ3v) is 9.69. The maximum absolute atomic E-state index is 9.67. The van der Waals surface area contributed by atoms with Crippen molar-refractivity contribution in [2.24, 2.45) is 0 Å². The Balaban J connectivity index is 1.28. The van der Waals surface area contributed by atoms with Gasteiger partial charge in [-0.2, -0.15) is 10.5 Å². The van der Waals surface area contributed by atoms with Crippen molar-refractivity contribution in [3.05, 3.63) is 157 Å². The Kier molecular flexibility index (Phi) is 5.61. The number of rotatable bonds is 3. The molecule has 0 spiro atoms. The monoisotopic (exact) mass is 624 g/mol. The maximum atomic E-state index is 9.67. The standard InChI is InChI=1S/C43H24N6/c44-25-27-17-19-36-32(23-27)33-24-28(26-45)18-20-37(33)48(36)40-15-8-16-41(46-40)49-35-14-7-5-12-31(35)43-39(49)22-21-38-42(43)30-11-4-6-13-34(30)47(38)29-9-2-1-3-10-29/h1-24H. The Morgan fingerprint density at radius 2 is 0.837 bits per heavy atom. The van der Waals surface area contributed by atoms with Crippen LogP contribution < -0.4 is 0 Å². The molecule has 10 rings (SSSR count). The summed E-state index contributed by atoms with van der Waals surface area (Å²) in [5.74, 6) is 1.55. The van der Waals surface area contributed by atoms with Gasteiger partial charge in [0.1, 0.15) is 11.6 Å². The quantitative estimate of drug-likeness (QED) is 0.196. The predicted molar refractivity (Wildman–Crippen MR) is 197 cm³/mol. The molecule has 4 aromatic heterocycles. The van der Waals surface area contributed by atoms with Crippen molar-refractivity contribution in [3.63, 3.8) is 0 Å². The first-order valence-electron chi connectivity index (χ1n) is 16.1. The topological polar surface area (TPSA) is 75.3 Å². The van der Waals surface area contributed by atoms with Gasteiger partial charge < -0.3 is 4.57 Å². The molecular formula is C43H24N6. The van der Waals surface area contributed by atoms with Crippen molar-refractivity contribution in [3.8, 4) is 29.5 Å². The van der Waals surface area contributed by atoms with Gasteiger partial charge in [0.25, 0.3) is 0 Å². The fraction of sp³-hybridized carbons (Fsp3) is 0. The van der Waals surface area contributed by atoms with Crippen molar-refractivity contribution in [2.75, 3.05) is 0 Å². The summed E-state index contributed by atoms with van der Waals surface area (Å²) < 4.78 is 6.74. The second kappa shape index (κ2) is 10.2. The Labute approximate surface area is 280 Å². The minimum atomic E-state index is 0.570. The number of benzene rings is 6. The second-order valence-electron chi connectivity index (χ2n) is 12.3. The molecule has 6 aromatic carbocycles. The SMILES string of the molecule is N#Cc1ccc2c(c1)c1cc(C#N)ccc1n2-c1cccc(-n2c3ccccc3c3c4c5ccccc5n(-c5ccccc5)c4ccc32)n1. The fourth-order valence-corrected chi connectivity index (χ4v) is 7.69. The van der Waals surface area contributed by atoms with Crippen LogP contribution in [-0.4, -0.2) is 18.7 Å². The summed E-state index contributed by atoms with van der Waals surface area (Å²) in [4.78, 5) is 5.33. The number of fused-ring (bicyclic) bond motifs is 10. The van der Waals surface area contributed by atoms with Gasteiger partial charge in [-0.3, -0.25) is 9.13 Å². The van der Waals surface area contributed by atoms with Crippen LogP contribution in [-0.2, 0) is 0 Å². The van der Waals surface area contributed by atoms with Crippen molar-refractivity contribution >= 4 is 65.4 Å². The van der Waals surface area contributed by atoms with Gasteiger partial charge >= 0.3 is 0 Å². The van der Waals surface area contributed by atoms with Gasteiger partial charge in [0, 0.05) is 38.0 Å². The smallest absolute Gasteiger partial charge is 0.140 e. The molecular weight excluding hydrogens is 601 g/mol. The molecule has 0 fully saturated rings. The van der Waals surface area contributed by atoms with Crippen LogP contribution in [0.15, 0.2) is 146 Å². The zero-order valence-electron chi connectivity index (χ0n) is 26.0. The lowest BCUT2D eigenvalue weighted by atomic mass is 10.1.